The van der Waals surface area contributed by atoms with Crippen LogP contribution in [0.2, 0.25) is 0 Å². The van der Waals surface area contributed by atoms with Crippen LogP contribution in [0.3, 0.4) is 0 Å². The molecular weight excluding hydrogens is 258 g/mol. The second kappa shape index (κ2) is 5.76. The number of phenols is 1. The Balaban J connectivity index is 0.000000492. The summed E-state index contributed by atoms with van der Waals surface area (Å²) in [6.45, 7) is 1.93. The van der Waals surface area contributed by atoms with Gasteiger partial charge in [-0.2, -0.15) is 8.42 Å². The minimum atomic E-state index is -4.30. The maximum absolute atomic E-state index is 11.0. The summed E-state index contributed by atoms with van der Waals surface area (Å²) < 4.78 is 30.9. The number of aromatic nitrogens is 1. The number of hydrogen-bond acceptors (Lipinski definition) is 5. The Labute approximate surface area is 104 Å². The molecule has 1 aromatic carbocycles. The van der Waals surface area contributed by atoms with Crippen LogP contribution in [0.5, 0.6) is 5.75 Å². The molecule has 0 radical (unpaired) electrons. The molecule has 0 spiro atoms. The van der Waals surface area contributed by atoms with Gasteiger partial charge in [-0.3, -0.25) is 9.54 Å². The standard InChI is InChI=1S/C9H7NO4S.C2H6O/c11-7-3-4-8(15(12,13)14)6-2-1-5-10-9(6)7;1-2-3/h1-5,11H,(H,12,13,14);3H,2H2,1H3. The van der Waals surface area contributed by atoms with Gasteiger partial charge < -0.3 is 10.2 Å². The highest BCUT2D eigenvalue weighted by Gasteiger charge is 2.15. The van der Waals surface area contributed by atoms with Crippen LogP contribution >= 0.6 is 0 Å². The number of pyridine rings is 1. The van der Waals surface area contributed by atoms with E-state index in [4.69, 9.17) is 9.66 Å². The summed E-state index contributed by atoms with van der Waals surface area (Å²) in [5.41, 5.74) is 0.146. The van der Waals surface area contributed by atoms with Crippen molar-refractivity contribution < 1.29 is 23.2 Å². The van der Waals surface area contributed by atoms with Crippen LogP contribution in [0.1, 0.15) is 6.92 Å². The fourth-order valence-electron chi connectivity index (χ4n) is 1.36. The summed E-state index contributed by atoms with van der Waals surface area (Å²) in [5.74, 6) is -0.127. The lowest BCUT2D eigenvalue weighted by Crippen LogP contribution is -1.99. The minimum Gasteiger partial charge on any atom is -0.506 e. The Kier molecular flexibility index (Phi) is 4.60. The summed E-state index contributed by atoms with van der Waals surface area (Å²) >= 11 is 0. The van der Waals surface area contributed by atoms with E-state index in [9.17, 15) is 13.5 Å². The summed E-state index contributed by atoms with van der Waals surface area (Å²) in [7, 11) is -4.30. The first-order valence-corrected chi connectivity index (χ1v) is 6.50. The second-order valence-corrected chi connectivity index (χ2v) is 4.66. The number of rotatable bonds is 1. The van der Waals surface area contributed by atoms with Gasteiger partial charge in [0.05, 0.1) is 0 Å². The van der Waals surface area contributed by atoms with Crippen LogP contribution in [0, 0.1) is 0 Å². The number of aromatic hydroxyl groups is 1. The molecule has 0 unspecified atom stereocenters. The topological polar surface area (TPSA) is 108 Å². The zero-order chi connectivity index (χ0) is 13.8. The van der Waals surface area contributed by atoms with Gasteiger partial charge in [0, 0.05) is 18.2 Å². The Hall–Kier alpha value is -1.70. The molecule has 7 heteroatoms. The lowest BCUT2D eigenvalue weighted by molar-refractivity contribution is 0.318. The summed E-state index contributed by atoms with van der Waals surface area (Å²) in [6, 6.07) is 5.30. The average Bonchev–Trinajstić information content (AvgIpc) is 2.29. The van der Waals surface area contributed by atoms with Crippen LogP contribution in [0.4, 0.5) is 0 Å². The molecule has 3 N–H and O–H groups in total. The summed E-state index contributed by atoms with van der Waals surface area (Å²) in [5, 5.41) is 17.2. The highest BCUT2D eigenvalue weighted by Crippen LogP contribution is 2.27. The van der Waals surface area contributed by atoms with E-state index in [1.54, 1.807) is 6.92 Å². The third-order valence-electron chi connectivity index (χ3n) is 1.99. The van der Waals surface area contributed by atoms with Gasteiger partial charge in [-0.1, -0.05) is 0 Å². The SMILES string of the molecule is CCO.O=S(=O)(O)c1ccc(O)c2ncccc12. The highest BCUT2D eigenvalue weighted by atomic mass is 32.2. The maximum atomic E-state index is 11.0. The highest BCUT2D eigenvalue weighted by molar-refractivity contribution is 7.86. The van der Waals surface area contributed by atoms with Crippen LogP contribution in [0.25, 0.3) is 10.9 Å². The van der Waals surface area contributed by atoms with Gasteiger partial charge in [0.15, 0.2) is 0 Å². The Morgan fingerprint density at radius 1 is 1.28 bits per heavy atom. The number of fused-ring (bicyclic) bond motifs is 1. The first-order valence-electron chi connectivity index (χ1n) is 5.06. The van der Waals surface area contributed by atoms with Crippen molar-refractivity contribution in [3.63, 3.8) is 0 Å². The number of phenolic OH excluding ortho intramolecular Hbond substituents is 1. The predicted molar refractivity (Wildman–Crippen MR) is 66.0 cm³/mol. The van der Waals surface area contributed by atoms with Crippen molar-refractivity contribution in [1.82, 2.24) is 4.98 Å². The van der Waals surface area contributed by atoms with Crippen molar-refractivity contribution in [2.45, 2.75) is 11.8 Å². The monoisotopic (exact) mass is 271 g/mol. The Morgan fingerprint density at radius 3 is 2.44 bits per heavy atom. The number of aliphatic hydroxyl groups excluding tert-OH is 1. The molecule has 0 saturated carbocycles. The van der Waals surface area contributed by atoms with Gasteiger partial charge >= 0.3 is 0 Å². The number of aliphatic hydroxyl groups is 1. The van der Waals surface area contributed by atoms with Gasteiger partial charge in [-0.25, -0.2) is 0 Å². The molecule has 2 aromatic rings. The number of hydrogen-bond donors (Lipinski definition) is 3. The van der Waals surface area contributed by atoms with Crippen LogP contribution in [-0.2, 0) is 10.1 Å². The summed E-state index contributed by atoms with van der Waals surface area (Å²) in [6.07, 6.45) is 1.43. The first kappa shape index (κ1) is 14.4. The predicted octanol–water partition coefficient (Wildman–Crippen LogP) is 1.19. The molecule has 0 saturated heterocycles. The zero-order valence-electron chi connectivity index (χ0n) is 9.61. The van der Waals surface area contributed by atoms with E-state index in [1.807, 2.05) is 0 Å². The van der Waals surface area contributed by atoms with E-state index in [1.165, 1.54) is 24.4 Å². The molecular formula is C11H13NO5S. The van der Waals surface area contributed by atoms with E-state index in [2.05, 4.69) is 4.98 Å². The lowest BCUT2D eigenvalue weighted by Gasteiger charge is -2.03. The van der Waals surface area contributed by atoms with E-state index in [0.29, 0.717) is 0 Å². The van der Waals surface area contributed by atoms with Crippen LogP contribution in [-0.4, -0.2) is 34.8 Å². The molecule has 1 aromatic heterocycles. The third-order valence-corrected chi connectivity index (χ3v) is 2.90. The molecule has 0 atom stereocenters. The van der Waals surface area contributed by atoms with Gasteiger partial charge in [-0.15, -0.1) is 0 Å². The minimum absolute atomic E-state index is 0.127. The number of nitrogens with zero attached hydrogens (tertiary/aromatic N) is 1. The molecule has 0 bridgehead atoms. The molecule has 0 amide bonds. The second-order valence-electron chi connectivity index (χ2n) is 3.27. The Bertz CT molecular complexity index is 639. The van der Waals surface area contributed by atoms with Crippen molar-refractivity contribution in [2.75, 3.05) is 6.61 Å². The number of benzene rings is 1. The fourth-order valence-corrected chi connectivity index (χ4v) is 2.04. The van der Waals surface area contributed by atoms with E-state index >= 15 is 0 Å². The molecule has 0 aliphatic heterocycles. The van der Waals surface area contributed by atoms with Gasteiger partial charge in [0.25, 0.3) is 10.1 Å². The molecule has 0 aliphatic carbocycles. The van der Waals surface area contributed by atoms with Crippen molar-refractivity contribution in [3.8, 4) is 5.75 Å². The lowest BCUT2D eigenvalue weighted by atomic mass is 10.2. The van der Waals surface area contributed by atoms with Crippen LogP contribution in [0.15, 0.2) is 35.4 Å². The van der Waals surface area contributed by atoms with Crippen molar-refractivity contribution >= 4 is 21.0 Å². The summed E-state index contributed by atoms with van der Waals surface area (Å²) in [4.78, 5) is 3.57. The van der Waals surface area contributed by atoms with Crippen molar-refractivity contribution in [1.29, 1.82) is 0 Å². The smallest absolute Gasteiger partial charge is 0.295 e. The third kappa shape index (κ3) is 3.16. The van der Waals surface area contributed by atoms with Crippen LogP contribution < -0.4 is 0 Å². The van der Waals surface area contributed by atoms with Crippen molar-refractivity contribution in [2.24, 2.45) is 0 Å². The zero-order valence-corrected chi connectivity index (χ0v) is 10.4. The van der Waals surface area contributed by atoms with E-state index < -0.39 is 10.1 Å². The average molecular weight is 271 g/mol. The van der Waals surface area contributed by atoms with E-state index in [-0.39, 0.29) is 28.2 Å². The molecule has 6 nitrogen and oxygen atoms in total. The molecule has 98 valence electrons. The van der Waals surface area contributed by atoms with Crippen molar-refractivity contribution in [3.05, 3.63) is 30.5 Å². The van der Waals surface area contributed by atoms with Gasteiger partial charge in [0.1, 0.15) is 16.2 Å². The quantitative estimate of drug-likeness (QED) is 0.672. The van der Waals surface area contributed by atoms with Gasteiger partial charge in [0.2, 0.25) is 0 Å². The maximum Gasteiger partial charge on any atom is 0.295 e. The van der Waals surface area contributed by atoms with E-state index in [0.717, 1.165) is 6.07 Å². The normalized spacial score (nSPS) is 10.8. The molecule has 2 rings (SSSR count). The molecule has 18 heavy (non-hydrogen) atoms. The molecule has 0 aliphatic rings. The molecule has 1 heterocycles. The van der Waals surface area contributed by atoms with Gasteiger partial charge in [-0.05, 0) is 31.2 Å². The first-order chi connectivity index (χ1) is 8.41. The Morgan fingerprint density at radius 2 is 1.89 bits per heavy atom. The largest absolute Gasteiger partial charge is 0.506 e. The molecule has 0 fully saturated rings. The fraction of sp³-hybridized carbons (Fsp3) is 0.182.